The summed E-state index contributed by atoms with van der Waals surface area (Å²) in [5.41, 5.74) is 2.13. The smallest absolute Gasteiger partial charge is 0.303 e. The van der Waals surface area contributed by atoms with Gasteiger partial charge in [-0.15, -0.1) is 0 Å². The number of ether oxygens (including phenoxy) is 1. The first-order valence-corrected chi connectivity index (χ1v) is 11.0. The summed E-state index contributed by atoms with van der Waals surface area (Å²) in [6.45, 7) is 0.712. The van der Waals surface area contributed by atoms with Gasteiger partial charge in [0.15, 0.2) is 0 Å². The summed E-state index contributed by atoms with van der Waals surface area (Å²) in [6, 6.07) is 12.2. The summed E-state index contributed by atoms with van der Waals surface area (Å²) < 4.78 is 5.92. The number of carbonyl (C=O) groups is 1. The van der Waals surface area contributed by atoms with E-state index < -0.39 is 5.97 Å². The number of hydrogen-bond donors (Lipinski definition) is 3. The second kappa shape index (κ2) is 11.8. The maximum absolute atomic E-state index is 10.5. The Morgan fingerprint density at radius 1 is 0.935 bits per heavy atom. The molecule has 3 rings (SSSR count). The zero-order valence-corrected chi connectivity index (χ0v) is 17.8. The van der Waals surface area contributed by atoms with Crippen LogP contribution in [-0.2, 0) is 4.79 Å². The quantitative estimate of drug-likeness (QED) is 0.231. The topological polar surface area (TPSA) is 112 Å². The summed E-state index contributed by atoms with van der Waals surface area (Å²) in [5.74, 6) is 0.181. The number of rotatable bonds is 14. The third kappa shape index (κ3) is 6.91. The first kappa shape index (κ1) is 22.5. The van der Waals surface area contributed by atoms with Crippen LogP contribution < -0.4 is 4.74 Å². The van der Waals surface area contributed by atoms with Crippen molar-refractivity contribution in [3.8, 4) is 17.0 Å². The molecule has 1 heterocycles. The molecule has 7 nitrogen and oxygen atoms in total. The highest BCUT2D eigenvalue weighted by molar-refractivity contribution is 5.91. The van der Waals surface area contributed by atoms with E-state index in [2.05, 4.69) is 21.5 Å². The molecular weight excluding hydrogens is 392 g/mol. The second-order valence-corrected chi connectivity index (χ2v) is 7.75. The number of benzene rings is 2. The third-order valence-corrected chi connectivity index (χ3v) is 5.35. The molecule has 0 unspecified atom stereocenters. The van der Waals surface area contributed by atoms with Crippen molar-refractivity contribution in [2.45, 2.75) is 57.8 Å². The number of unbranched alkanes of at least 4 members (excludes halogenated alkanes) is 7. The molecule has 0 atom stereocenters. The number of aromatic amines is 1. The molecule has 0 amide bonds. The average Bonchev–Trinajstić information content (AvgIpc) is 3.26. The minimum Gasteiger partial charge on any atom is -0.494 e. The SMILES string of the molecule is N=Cc1n[nH]nc1-c1ccc2cc(OCCCCCCCCCCC(=O)O)ccc2c1. The maximum Gasteiger partial charge on any atom is 0.303 e. The number of carboxylic acids is 1. The molecule has 0 saturated heterocycles. The lowest BCUT2D eigenvalue weighted by Crippen LogP contribution is -1.97. The van der Waals surface area contributed by atoms with Crippen molar-refractivity contribution in [2.75, 3.05) is 6.61 Å². The van der Waals surface area contributed by atoms with Gasteiger partial charge in [-0.2, -0.15) is 15.4 Å². The lowest BCUT2D eigenvalue weighted by atomic mass is 10.0. The van der Waals surface area contributed by atoms with Gasteiger partial charge in [0, 0.05) is 18.2 Å². The predicted molar refractivity (Wildman–Crippen MR) is 122 cm³/mol. The molecule has 7 heteroatoms. The van der Waals surface area contributed by atoms with Crippen LogP contribution in [-0.4, -0.2) is 39.3 Å². The summed E-state index contributed by atoms with van der Waals surface area (Å²) in [4.78, 5) is 10.5. The van der Waals surface area contributed by atoms with Gasteiger partial charge in [-0.1, -0.05) is 56.7 Å². The van der Waals surface area contributed by atoms with E-state index in [0.717, 1.165) is 54.2 Å². The zero-order valence-electron chi connectivity index (χ0n) is 17.8. The van der Waals surface area contributed by atoms with Crippen molar-refractivity contribution in [3.05, 3.63) is 42.1 Å². The van der Waals surface area contributed by atoms with E-state index >= 15 is 0 Å². The molecule has 1 aromatic heterocycles. The molecular formula is C24H30N4O3. The molecule has 3 N–H and O–H groups in total. The molecule has 2 aromatic carbocycles. The van der Waals surface area contributed by atoms with Crippen LogP contribution >= 0.6 is 0 Å². The van der Waals surface area contributed by atoms with Gasteiger partial charge in [0.25, 0.3) is 0 Å². The summed E-state index contributed by atoms with van der Waals surface area (Å²) in [5, 5.41) is 28.9. The van der Waals surface area contributed by atoms with Crippen molar-refractivity contribution in [3.63, 3.8) is 0 Å². The minimum absolute atomic E-state index is 0.292. The fourth-order valence-electron chi connectivity index (χ4n) is 3.64. The zero-order chi connectivity index (χ0) is 21.9. The number of nitrogens with one attached hydrogen (secondary N) is 2. The summed E-state index contributed by atoms with van der Waals surface area (Å²) >= 11 is 0. The van der Waals surface area contributed by atoms with E-state index in [1.54, 1.807) is 0 Å². The van der Waals surface area contributed by atoms with Crippen molar-refractivity contribution in [1.82, 2.24) is 15.4 Å². The van der Waals surface area contributed by atoms with E-state index in [-0.39, 0.29) is 0 Å². The molecule has 164 valence electrons. The third-order valence-electron chi connectivity index (χ3n) is 5.35. The molecule has 0 aliphatic heterocycles. The number of nitrogens with zero attached hydrogens (tertiary/aromatic N) is 2. The maximum atomic E-state index is 10.5. The van der Waals surface area contributed by atoms with Gasteiger partial charge in [0.1, 0.15) is 17.1 Å². The van der Waals surface area contributed by atoms with Gasteiger partial charge in [0.2, 0.25) is 0 Å². The molecule has 0 bridgehead atoms. The van der Waals surface area contributed by atoms with Gasteiger partial charge in [-0.25, -0.2) is 0 Å². The van der Waals surface area contributed by atoms with E-state index in [9.17, 15) is 4.79 Å². The number of H-pyrrole nitrogens is 1. The van der Waals surface area contributed by atoms with Crippen molar-refractivity contribution in [1.29, 1.82) is 5.41 Å². The molecule has 3 aromatic rings. The molecule has 0 spiro atoms. The van der Waals surface area contributed by atoms with Crippen LogP contribution in [0.15, 0.2) is 36.4 Å². The van der Waals surface area contributed by atoms with Crippen molar-refractivity contribution < 1.29 is 14.6 Å². The van der Waals surface area contributed by atoms with E-state index in [4.69, 9.17) is 15.3 Å². The van der Waals surface area contributed by atoms with Crippen LogP contribution in [0, 0.1) is 5.41 Å². The summed E-state index contributed by atoms with van der Waals surface area (Å²) in [6.07, 6.45) is 10.2. The fourth-order valence-corrected chi connectivity index (χ4v) is 3.64. The Labute approximate surface area is 182 Å². The van der Waals surface area contributed by atoms with Gasteiger partial charge in [0.05, 0.1) is 6.61 Å². The lowest BCUT2D eigenvalue weighted by molar-refractivity contribution is -0.137. The molecule has 0 radical (unpaired) electrons. The Morgan fingerprint density at radius 3 is 2.35 bits per heavy atom. The Bertz CT molecular complexity index is 999. The average molecular weight is 423 g/mol. The highest BCUT2D eigenvalue weighted by Crippen LogP contribution is 2.27. The predicted octanol–water partition coefficient (Wildman–Crippen LogP) is 5.60. The van der Waals surface area contributed by atoms with Gasteiger partial charge < -0.3 is 15.3 Å². The first-order valence-electron chi connectivity index (χ1n) is 11.0. The molecule has 0 fully saturated rings. The molecule has 0 aliphatic rings. The number of carboxylic acid groups (broad SMARTS) is 1. The number of fused-ring (bicyclic) bond motifs is 1. The highest BCUT2D eigenvalue weighted by atomic mass is 16.5. The first-order chi connectivity index (χ1) is 15.2. The largest absolute Gasteiger partial charge is 0.494 e. The Balaban J connectivity index is 1.37. The van der Waals surface area contributed by atoms with Crippen LogP contribution in [0.5, 0.6) is 5.75 Å². The second-order valence-electron chi connectivity index (χ2n) is 7.75. The van der Waals surface area contributed by atoms with Gasteiger partial charge in [-0.3, -0.25) is 4.79 Å². The number of aliphatic carboxylic acids is 1. The van der Waals surface area contributed by atoms with Gasteiger partial charge >= 0.3 is 5.97 Å². The monoisotopic (exact) mass is 422 g/mol. The van der Waals surface area contributed by atoms with Gasteiger partial charge in [-0.05, 0) is 41.8 Å². The van der Waals surface area contributed by atoms with Crippen LogP contribution in [0.3, 0.4) is 0 Å². The van der Waals surface area contributed by atoms with E-state index in [0.29, 0.717) is 24.4 Å². The van der Waals surface area contributed by atoms with E-state index in [1.807, 2.05) is 30.3 Å². The molecule has 31 heavy (non-hydrogen) atoms. The van der Waals surface area contributed by atoms with Crippen LogP contribution in [0.4, 0.5) is 0 Å². The van der Waals surface area contributed by atoms with Crippen molar-refractivity contribution in [2.24, 2.45) is 0 Å². The Morgan fingerprint density at radius 2 is 1.61 bits per heavy atom. The lowest BCUT2D eigenvalue weighted by Gasteiger charge is -2.08. The van der Waals surface area contributed by atoms with Crippen LogP contribution in [0.1, 0.15) is 63.5 Å². The number of aromatic nitrogens is 3. The molecule has 0 saturated carbocycles. The van der Waals surface area contributed by atoms with E-state index in [1.165, 1.54) is 25.5 Å². The number of hydrogen-bond acceptors (Lipinski definition) is 5. The minimum atomic E-state index is -0.694. The standard InChI is InChI=1S/C24H30N4O3/c25-17-22-24(27-28-26-22)20-11-10-19-16-21(13-12-18(19)15-20)31-14-8-6-4-2-1-3-5-7-9-23(29)30/h10-13,15-17,25H,1-9,14H2,(H,29,30)(H,26,27,28). The fraction of sp³-hybridized carbons (Fsp3) is 0.417. The normalized spacial score (nSPS) is 11.0. The Kier molecular flexibility index (Phi) is 8.58. The summed E-state index contributed by atoms with van der Waals surface area (Å²) in [7, 11) is 0. The van der Waals surface area contributed by atoms with Crippen molar-refractivity contribution >= 4 is 23.0 Å². The van der Waals surface area contributed by atoms with Crippen LogP contribution in [0.25, 0.3) is 22.0 Å². The van der Waals surface area contributed by atoms with Crippen LogP contribution in [0.2, 0.25) is 0 Å². The molecule has 0 aliphatic carbocycles. The Hall–Kier alpha value is -3.22. The highest BCUT2D eigenvalue weighted by Gasteiger charge is 2.09.